The van der Waals surface area contributed by atoms with E-state index in [0.29, 0.717) is 12.5 Å². The first-order valence-electron chi connectivity index (χ1n) is 8.51. The van der Waals surface area contributed by atoms with Gasteiger partial charge in [-0.2, -0.15) is 0 Å². The van der Waals surface area contributed by atoms with Gasteiger partial charge in [-0.25, -0.2) is 4.79 Å². The standard InChI is InChI=1S/C20H21NO3/c22-19(13-9-10-13)11-21-20(23)24-12-18-16-7-3-1-5-14(16)15-6-2-4-8-17(15)18/h1-8,13,18-19,22H,9-12H2,(H,21,23). The first-order valence-corrected chi connectivity index (χ1v) is 8.51. The maximum absolute atomic E-state index is 11.9. The first-order chi connectivity index (χ1) is 11.7. The molecule has 4 rings (SSSR count). The van der Waals surface area contributed by atoms with Crippen molar-refractivity contribution >= 4 is 6.09 Å². The third kappa shape index (κ3) is 2.89. The van der Waals surface area contributed by atoms with Crippen molar-refractivity contribution < 1.29 is 14.6 Å². The second kappa shape index (κ2) is 6.29. The summed E-state index contributed by atoms with van der Waals surface area (Å²) >= 11 is 0. The van der Waals surface area contributed by atoms with Gasteiger partial charge >= 0.3 is 6.09 Å². The summed E-state index contributed by atoms with van der Waals surface area (Å²) in [6, 6.07) is 16.5. The third-order valence-electron chi connectivity index (χ3n) is 4.97. The number of fused-ring (bicyclic) bond motifs is 3. The van der Waals surface area contributed by atoms with E-state index >= 15 is 0 Å². The second-order valence-electron chi connectivity index (χ2n) is 6.61. The average Bonchev–Trinajstić information content (AvgIpc) is 3.41. The summed E-state index contributed by atoms with van der Waals surface area (Å²) < 4.78 is 5.43. The minimum Gasteiger partial charge on any atom is -0.449 e. The average molecular weight is 323 g/mol. The minimum absolute atomic E-state index is 0.0662. The molecule has 2 aromatic rings. The highest BCUT2D eigenvalue weighted by atomic mass is 16.5. The Balaban J connectivity index is 1.42. The molecule has 0 bridgehead atoms. The summed E-state index contributed by atoms with van der Waals surface area (Å²) in [5.41, 5.74) is 4.83. The van der Waals surface area contributed by atoms with Crippen LogP contribution in [0.4, 0.5) is 4.79 Å². The number of nitrogens with one attached hydrogen (secondary N) is 1. The molecule has 1 saturated carbocycles. The molecule has 0 aliphatic heterocycles. The Hall–Kier alpha value is -2.33. The predicted octanol–water partition coefficient (Wildman–Crippen LogP) is 3.30. The number of alkyl carbamates (subject to hydrolysis) is 1. The first kappa shape index (κ1) is 15.2. The van der Waals surface area contributed by atoms with Crippen LogP contribution in [-0.2, 0) is 4.74 Å². The molecule has 2 N–H and O–H groups in total. The van der Waals surface area contributed by atoms with Crippen molar-refractivity contribution in [1.82, 2.24) is 5.32 Å². The molecular formula is C20H21NO3. The number of hydrogen-bond acceptors (Lipinski definition) is 3. The molecule has 1 unspecified atom stereocenters. The van der Waals surface area contributed by atoms with Crippen molar-refractivity contribution in [2.24, 2.45) is 5.92 Å². The maximum atomic E-state index is 11.9. The third-order valence-corrected chi connectivity index (χ3v) is 4.97. The highest BCUT2D eigenvalue weighted by Crippen LogP contribution is 2.44. The second-order valence-corrected chi connectivity index (χ2v) is 6.61. The van der Waals surface area contributed by atoms with Gasteiger partial charge in [0.05, 0.1) is 6.10 Å². The van der Waals surface area contributed by atoms with Crippen molar-refractivity contribution in [2.75, 3.05) is 13.2 Å². The van der Waals surface area contributed by atoms with E-state index in [1.165, 1.54) is 22.3 Å². The maximum Gasteiger partial charge on any atom is 0.407 e. The van der Waals surface area contributed by atoms with Crippen LogP contribution in [0, 0.1) is 5.92 Å². The topological polar surface area (TPSA) is 58.6 Å². The minimum atomic E-state index is -0.462. The van der Waals surface area contributed by atoms with E-state index in [1.54, 1.807) is 0 Å². The van der Waals surface area contributed by atoms with Gasteiger partial charge < -0.3 is 15.2 Å². The molecule has 0 heterocycles. The number of rotatable bonds is 5. The molecular weight excluding hydrogens is 302 g/mol. The Bertz CT molecular complexity index is 709. The molecule has 4 heteroatoms. The van der Waals surface area contributed by atoms with Gasteiger partial charge in [-0.15, -0.1) is 0 Å². The number of aliphatic hydroxyl groups is 1. The van der Waals surface area contributed by atoms with Crippen LogP contribution in [0.1, 0.15) is 29.9 Å². The normalized spacial score (nSPS) is 17.0. The lowest BCUT2D eigenvalue weighted by molar-refractivity contribution is 0.121. The molecule has 0 saturated heterocycles. The van der Waals surface area contributed by atoms with Crippen molar-refractivity contribution in [3.63, 3.8) is 0 Å². The molecule has 0 spiro atoms. The number of aliphatic hydroxyl groups excluding tert-OH is 1. The van der Waals surface area contributed by atoms with Crippen LogP contribution in [0.3, 0.4) is 0 Å². The fraction of sp³-hybridized carbons (Fsp3) is 0.350. The summed E-state index contributed by atoms with van der Waals surface area (Å²) in [6.45, 7) is 0.570. The summed E-state index contributed by atoms with van der Waals surface area (Å²) in [5.74, 6) is 0.412. The highest BCUT2D eigenvalue weighted by molar-refractivity contribution is 5.79. The van der Waals surface area contributed by atoms with Crippen molar-refractivity contribution in [3.05, 3.63) is 59.7 Å². The number of carbonyl (C=O) groups excluding carboxylic acids is 1. The van der Waals surface area contributed by atoms with E-state index in [1.807, 2.05) is 24.3 Å². The molecule has 0 aromatic heterocycles. The number of carbonyl (C=O) groups is 1. The van der Waals surface area contributed by atoms with E-state index in [9.17, 15) is 9.90 Å². The van der Waals surface area contributed by atoms with E-state index < -0.39 is 12.2 Å². The predicted molar refractivity (Wildman–Crippen MR) is 91.8 cm³/mol. The molecule has 2 aliphatic carbocycles. The zero-order valence-corrected chi connectivity index (χ0v) is 13.4. The van der Waals surface area contributed by atoms with E-state index in [0.717, 1.165) is 12.8 Å². The largest absolute Gasteiger partial charge is 0.449 e. The Morgan fingerprint density at radius 2 is 1.67 bits per heavy atom. The van der Waals surface area contributed by atoms with Crippen LogP contribution in [0.25, 0.3) is 11.1 Å². The summed E-state index contributed by atoms with van der Waals surface area (Å²) in [7, 11) is 0. The van der Waals surface area contributed by atoms with Crippen LogP contribution >= 0.6 is 0 Å². The zero-order chi connectivity index (χ0) is 16.5. The fourth-order valence-electron chi connectivity index (χ4n) is 3.49. The molecule has 1 fully saturated rings. The summed E-state index contributed by atoms with van der Waals surface area (Å²) in [5, 5.41) is 12.5. The van der Waals surface area contributed by atoms with Crippen LogP contribution in [0.15, 0.2) is 48.5 Å². The van der Waals surface area contributed by atoms with Crippen LogP contribution in [-0.4, -0.2) is 30.5 Å². The number of amides is 1. The van der Waals surface area contributed by atoms with E-state index in [4.69, 9.17) is 4.74 Å². The molecule has 1 atom stereocenters. The quantitative estimate of drug-likeness (QED) is 0.887. The Morgan fingerprint density at radius 3 is 2.25 bits per heavy atom. The molecule has 1 amide bonds. The van der Waals surface area contributed by atoms with E-state index in [-0.39, 0.29) is 12.5 Å². The van der Waals surface area contributed by atoms with Crippen LogP contribution in [0.5, 0.6) is 0 Å². The number of hydrogen-bond donors (Lipinski definition) is 2. The Labute approximate surface area is 141 Å². The van der Waals surface area contributed by atoms with Gasteiger partial charge in [0, 0.05) is 12.5 Å². The molecule has 2 aliphatic rings. The van der Waals surface area contributed by atoms with Crippen LogP contribution in [0.2, 0.25) is 0 Å². The lowest BCUT2D eigenvalue weighted by Gasteiger charge is -2.15. The van der Waals surface area contributed by atoms with E-state index in [2.05, 4.69) is 29.6 Å². The smallest absolute Gasteiger partial charge is 0.407 e. The Kier molecular flexibility index (Phi) is 3.98. The van der Waals surface area contributed by atoms with Gasteiger partial charge in [0.15, 0.2) is 0 Å². The SMILES string of the molecule is O=C(NCC(O)C1CC1)OCC1c2ccccc2-c2ccccc21. The molecule has 4 nitrogen and oxygen atoms in total. The van der Waals surface area contributed by atoms with Gasteiger partial charge in [-0.05, 0) is 41.0 Å². The lowest BCUT2D eigenvalue weighted by Crippen LogP contribution is -2.34. The van der Waals surface area contributed by atoms with Gasteiger partial charge in [-0.3, -0.25) is 0 Å². The molecule has 24 heavy (non-hydrogen) atoms. The number of benzene rings is 2. The number of ether oxygens (including phenoxy) is 1. The summed E-state index contributed by atoms with van der Waals surface area (Å²) in [6.07, 6.45) is 1.18. The molecule has 124 valence electrons. The van der Waals surface area contributed by atoms with Gasteiger partial charge in [0.25, 0.3) is 0 Å². The van der Waals surface area contributed by atoms with Gasteiger partial charge in [-0.1, -0.05) is 48.5 Å². The summed E-state index contributed by atoms with van der Waals surface area (Å²) in [4.78, 5) is 11.9. The lowest BCUT2D eigenvalue weighted by atomic mass is 9.98. The molecule has 0 radical (unpaired) electrons. The zero-order valence-electron chi connectivity index (χ0n) is 13.4. The van der Waals surface area contributed by atoms with Gasteiger partial charge in [0.1, 0.15) is 6.61 Å². The molecule has 2 aromatic carbocycles. The highest BCUT2D eigenvalue weighted by Gasteiger charge is 2.31. The fourth-order valence-corrected chi connectivity index (χ4v) is 3.49. The monoisotopic (exact) mass is 323 g/mol. The van der Waals surface area contributed by atoms with Crippen molar-refractivity contribution in [2.45, 2.75) is 24.9 Å². The van der Waals surface area contributed by atoms with Crippen molar-refractivity contribution in [1.29, 1.82) is 0 Å². The van der Waals surface area contributed by atoms with Gasteiger partial charge in [0.2, 0.25) is 0 Å². The Morgan fingerprint density at radius 1 is 1.08 bits per heavy atom. The van der Waals surface area contributed by atoms with Crippen LogP contribution < -0.4 is 5.32 Å². The van der Waals surface area contributed by atoms with Crippen molar-refractivity contribution in [3.8, 4) is 11.1 Å².